The molecule has 2 aliphatic rings. The van der Waals surface area contributed by atoms with Crippen molar-refractivity contribution >= 4 is 49.9 Å². The quantitative estimate of drug-likeness (QED) is 0.0703. The molecule has 0 amide bonds. The summed E-state index contributed by atoms with van der Waals surface area (Å²) < 4.78 is 41.3. The summed E-state index contributed by atoms with van der Waals surface area (Å²) in [4.78, 5) is 20.4. The lowest BCUT2D eigenvalue weighted by Crippen LogP contribution is -2.46. The molecule has 1 atom stereocenters. The highest BCUT2D eigenvalue weighted by atomic mass is 32.2. The molecule has 1 N–H and O–H groups in total. The first-order chi connectivity index (χ1) is 29.3. The zero-order valence-electron chi connectivity index (χ0n) is 33.6. The van der Waals surface area contributed by atoms with Crippen molar-refractivity contribution in [3.63, 3.8) is 0 Å². The fraction of sp³-hybridized carbons (Fsp3) is 0.298. The number of ether oxygens (including phenoxy) is 1. The Labute approximate surface area is 356 Å². The van der Waals surface area contributed by atoms with E-state index in [1.54, 1.807) is 17.8 Å². The minimum absolute atomic E-state index is 0.0587. The van der Waals surface area contributed by atoms with Crippen LogP contribution in [0.5, 0.6) is 0 Å². The number of morpholine rings is 1. The van der Waals surface area contributed by atoms with Crippen molar-refractivity contribution in [3.8, 4) is 0 Å². The Morgan fingerprint density at radius 1 is 0.817 bits per heavy atom. The van der Waals surface area contributed by atoms with E-state index in [2.05, 4.69) is 97.0 Å². The van der Waals surface area contributed by atoms with Gasteiger partial charge in [0.25, 0.3) is 10.0 Å². The minimum Gasteiger partial charge on any atom is -0.379 e. The second kappa shape index (κ2) is 19.3. The maximum atomic E-state index is 13.7. The number of fused-ring (bicyclic) bond motifs is 1. The normalized spacial score (nSPS) is 15.6. The topological polar surface area (TPSA) is 121 Å². The fourth-order valence-corrected chi connectivity index (χ4v) is 10.2. The summed E-state index contributed by atoms with van der Waals surface area (Å²) in [5.41, 5.74) is 5.76. The van der Waals surface area contributed by atoms with Gasteiger partial charge < -0.3 is 19.1 Å². The van der Waals surface area contributed by atoms with E-state index in [-0.39, 0.29) is 28.2 Å². The summed E-state index contributed by atoms with van der Waals surface area (Å²) in [6.07, 6.45) is 1.53. The van der Waals surface area contributed by atoms with Gasteiger partial charge in [-0.2, -0.15) is 0 Å². The van der Waals surface area contributed by atoms with E-state index < -0.39 is 10.0 Å². The Morgan fingerprint density at radius 3 is 2.15 bits per heavy atom. The first kappa shape index (κ1) is 41.3. The lowest BCUT2D eigenvalue weighted by atomic mass is 9.88. The molecular formula is C47H50N6O5S2. The lowest BCUT2D eigenvalue weighted by molar-refractivity contribution is 0.0358. The van der Waals surface area contributed by atoms with Crippen LogP contribution in [0.15, 0.2) is 159 Å². The van der Waals surface area contributed by atoms with E-state index in [1.807, 2.05) is 48.5 Å². The van der Waals surface area contributed by atoms with Crippen molar-refractivity contribution in [2.45, 2.75) is 28.6 Å². The van der Waals surface area contributed by atoms with Crippen molar-refractivity contribution in [1.82, 2.24) is 15.0 Å². The number of allylic oxidation sites excluding steroid dienone is 1. The van der Waals surface area contributed by atoms with Crippen LogP contribution in [0.1, 0.15) is 29.0 Å². The van der Waals surface area contributed by atoms with Gasteiger partial charge in [0, 0.05) is 73.3 Å². The van der Waals surface area contributed by atoms with Crippen LogP contribution in [0, 0.1) is 10.8 Å². The Kier molecular flexibility index (Phi) is 13.3. The predicted octanol–water partition coefficient (Wildman–Crippen LogP) is 9.17. The molecule has 2 saturated heterocycles. The van der Waals surface area contributed by atoms with Crippen molar-refractivity contribution in [2.24, 2.45) is 11.1 Å². The maximum absolute atomic E-state index is 13.7. The lowest BCUT2D eigenvalue weighted by Gasteiger charge is -2.40. The van der Waals surface area contributed by atoms with Crippen molar-refractivity contribution < 1.29 is 17.7 Å². The van der Waals surface area contributed by atoms with Gasteiger partial charge in [0.2, 0.25) is 0 Å². The monoisotopic (exact) mass is 842 g/mol. The Balaban J connectivity index is 0.918. The molecule has 3 heterocycles. The molecule has 2 fully saturated rings. The number of aromatic nitrogens is 1. The zero-order chi connectivity index (χ0) is 41.3. The third kappa shape index (κ3) is 9.93. The maximum Gasteiger partial charge on any atom is 0.263 e. The number of nitroso groups, excluding NO2 is 1. The zero-order valence-corrected chi connectivity index (χ0v) is 35.2. The Bertz CT molecular complexity index is 2430. The Hall–Kier alpha value is -5.47. The number of nitrogens with one attached hydrogen (secondary N) is 1. The molecule has 0 bridgehead atoms. The van der Waals surface area contributed by atoms with Crippen LogP contribution in [0.3, 0.4) is 0 Å². The van der Waals surface area contributed by atoms with E-state index >= 15 is 0 Å². The van der Waals surface area contributed by atoms with Crippen LogP contribution < -0.4 is 9.62 Å². The first-order valence-electron chi connectivity index (χ1n) is 20.5. The smallest absolute Gasteiger partial charge is 0.263 e. The molecule has 1 aromatic heterocycles. The second-order valence-electron chi connectivity index (χ2n) is 15.4. The molecule has 60 heavy (non-hydrogen) atoms. The number of nitrogens with zero attached hydrogens (tertiary/aromatic N) is 5. The summed E-state index contributed by atoms with van der Waals surface area (Å²) in [6, 6.07) is 41.6. The van der Waals surface area contributed by atoms with Crippen molar-refractivity contribution in [2.75, 3.05) is 74.4 Å². The van der Waals surface area contributed by atoms with E-state index in [0.717, 1.165) is 88.1 Å². The van der Waals surface area contributed by atoms with E-state index in [1.165, 1.54) is 28.2 Å². The SMILES string of the molecule is C=C(C(c1ccccc1)c1ccccc1)N1CCN(c2ccc3c(NS(=O)(=O)c4ccc(C[C@H](CCN5CCOCC5)CSc5ccccc5)c(N=O)c4)noc3c2)CC1. The van der Waals surface area contributed by atoms with Gasteiger partial charge in [-0.1, -0.05) is 96.7 Å². The molecule has 6 aromatic rings. The van der Waals surface area contributed by atoms with Crippen LogP contribution in [-0.2, 0) is 21.2 Å². The summed E-state index contributed by atoms with van der Waals surface area (Å²) >= 11 is 1.79. The van der Waals surface area contributed by atoms with Crippen molar-refractivity contribution in [3.05, 3.63) is 161 Å². The van der Waals surface area contributed by atoms with E-state index in [4.69, 9.17) is 9.26 Å². The van der Waals surface area contributed by atoms with Crippen LogP contribution in [-0.4, -0.2) is 88.2 Å². The molecule has 5 aromatic carbocycles. The number of hydrogen-bond acceptors (Lipinski definition) is 11. The van der Waals surface area contributed by atoms with Gasteiger partial charge in [-0.3, -0.25) is 9.62 Å². The number of benzene rings is 5. The highest BCUT2D eigenvalue weighted by Gasteiger charge is 2.27. The number of rotatable bonds is 17. The summed E-state index contributed by atoms with van der Waals surface area (Å²) in [5, 5.41) is 7.93. The second-order valence-corrected chi connectivity index (χ2v) is 18.1. The third-order valence-electron chi connectivity index (χ3n) is 11.5. The van der Waals surface area contributed by atoms with E-state index in [0.29, 0.717) is 17.4 Å². The van der Waals surface area contributed by atoms with Gasteiger partial charge in [-0.15, -0.1) is 16.7 Å². The molecule has 11 nitrogen and oxygen atoms in total. The largest absolute Gasteiger partial charge is 0.379 e. The fourth-order valence-electron chi connectivity index (χ4n) is 8.13. The highest BCUT2D eigenvalue weighted by molar-refractivity contribution is 7.99. The third-order valence-corrected chi connectivity index (χ3v) is 14.1. The molecule has 0 saturated carbocycles. The number of hydrogen-bond donors (Lipinski definition) is 1. The van der Waals surface area contributed by atoms with Crippen LogP contribution >= 0.6 is 11.8 Å². The predicted molar refractivity (Wildman–Crippen MR) is 241 cm³/mol. The van der Waals surface area contributed by atoms with E-state index in [9.17, 15) is 13.3 Å². The molecule has 2 aliphatic heterocycles. The van der Waals surface area contributed by atoms with Gasteiger partial charge in [0.05, 0.1) is 23.5 Å². The minimum atomic E-state index is -4.13. The Morgan fingerprint density at radius 2 is 1.48 bits per heavy atom. The van der Waals surface area contributed by atoms with Gasteiger partial charge in [0.1, 0.15) is 5.69 Å². The molecule has 0 aliphatic carbocycles. The number of sulfonamides is 1. The highest BCUT2D eigenvalue weighted by Crippen LogP contribution is 2.36. The van der Waals surface area contributed by atoms with Crippen LogP contribution in [0.2, 0.25) is 0 Å². The first-order valence-corrected chi connectivity index (χ1v) is 23.0. The average Bonchev–Trinajstić information content (AvgIpc) is 3.69. The number of piperazine rings is 1. The van der Waals surface area contributed by atoms with Crippen molar-refractivity contribution in [1.29, 1.82) is 0 Å². The van der Waals surface area contributed by atoms with Gasteiger partial charge >= 0.3 is 0 Å². The van der Waals surface area contributed by atoms with Crippen LogP contribution in [0.25, 0.3) is 11.0 Å². The molecule has 0 spiro atoms. The summed E-state index contributed by atoms with van der Waals surface area (Å²) in [6.45, 7) is 11.9. The molecule has 13 heteroatoms. The molecule has 8 rings (SSSR count). The number of thioether (sulfide) groups is 1. The van der Waals surface area contributed by atoms with Crippen LogP contribution in [0.4, 0.5) is 17.2 Å². The van der Waals surface area contributed by atoms with Gasteiger partial charge in [-0.05, 0) is 83.6 Å². The summed E-state index contributed by atoms with van der Waals surface area (Å²) in [5.74, 6) is 1.23. The van der Waals surface area contributed by atoms with Gasteiger partial charge in [-0.25, -0.2) is 8.42 Å². The number of anilines is 2. The molecular weight excluding hydrogens is 793 g/mol. The molecule has 310 valence electrons. The molecule has 0 unspecified atom stereocenters. The molecule has 0 radical (unpaired) electrons. The summed E-state index contributed by atoms with van der Waals surface area (Å²) in [7, 11) is -4.13. The average molecular weight is 843 g/mol. The standard InChI is InChI=1S/C47H50N6O5S2/c1-35(46(37-11-5-2-6-12-37)38-13-7-3-8-14-38)52-23-25-53(26-24-52)40-18-20-43-45(32-40)58-49-47(43)50-60(55,56)42-19-17-39(44(33-42)48-54)31-36(21-22-51-27-29-57-30-28-51)34-59-41-15-9-4-10-16-41/h2-20,32-33,36,46H,1,21-31,34H2,(H,49,50)/t36-/m0/s1. The van der Waals surface area contributed by atoms with Gasteiger partial charge in [0.15, 0.2) is 11.4 Å².